The van der Waals surface area contributed by atoms with Crippen LogP contribution >= 0.6 is 0 Å². The third-order valence-electron chi connectivity index (χ3n) is 3.22. The van der Waals surface area contributed by atoms with Crippen LogP contribution in [0.25, 0.3) is 0 Å². The summed E-state index contributed by atoms with van der Waals surface area (Å²) in [5.74, 6) is 0.645. The SMILES string of the molecule is Cc1occc1C(=O)NCCC1=CCCCC1. The number of furan rings is 1. The number of rotatable bonds is 4. The summed E-state index contributed by atoms with van der Waals surface area (Å²) in [6, 6.07) is 1.71. The molecule has 3 nitrogen and oxygen atoms in total. The van der Waals surface area contributed by atoms with E-state index < -0.39 is 0 Å². The molecule has 0 aromatic carbocycles. The van der Waals surface area contributed by atoms with Gasteiger partial charge in [0.15, 0.2) is 0 Å². The molecule has 1 aliphatic carbocycles. The van der Waals surface area contributed by atoms with Gasteiger partial charge in [-0.25, -0.2) is 0 Å². The lowest BCUT2D eigenvalue weighted by atomic mass is 9.97. The molecule has 0 unspecified atom stereocenters. The number of amides is 1. The van der Waals surface area contributed by atoms with Gasteiger partial charge in [0.1, 0.15) is 5.76 Å². The van der Waals surface area contributed by atoms with E-state index in [1.807, 2.05) is 0 Å². The second-order valence-corrected chi connectivity index (χ2v) is 4.50. The highest BCUT2D eigenvalue weighted by atomic mass is 16.3. The summed E-state index contributed by atoms with van der Waals surface area (Å²) < 4.78 is 5.11. The molecule has 0 atom stereocenters. The van der Waals surface area contributed by atoms with Gasteiger partial charge in [0.25, 0.3) is 5.91 Å². The molecule has 1 heterocycles. The Morgan fingerprint density at radius 3 is 3.00 bits per heavy atom. The lowest BCUT2D eigenvalue weighted by molar-refractivity contribution is 0.0952. The van der Waals surface area contributed by atoms with Gasteiger partial charge in [0.2, 0.25) is 0 Å². The third-order valence-corrected chi connectivity index (χ3v) is 3.22. The van der Waals surface area contributed by atoms with Gasteiger partial charge in [0.05, 0.1) is 11.8 Å². The third kappa shape index (κ3) is 3.22. The zero-order valence-corrected chi connectivity index (χ0v) is 10.3. The van der Waals surface area contributed by atoms with Crippen LogP contribution in [0, 0.1) is 6.92 Å². The van der Waals surface area contributed by atoms with E-state index in [1.54, 1.807) is 19.3 Å². The van der Waals surface area contributed by atoms with Crippen LogP contribution in [0.4, 0.5) is 0 Å². The lowest BCUT2D eigenvalue weighted by Gasteiger charge is -2.12. The van der Waals surface area contributed by atoms with Crippen molar-refractivity contribution in [1.29, 1.82) is 0 Å². The predicted molar refractivity (Wildman–Crippen MR) is 66.9 cm³/mol. The first-order valence-electron chi connectivity index (χ1n) is 6.27. The number of carbonyl (C=O) groups is 1. The first-order valence-corrected chi connectivity index (χ1v) is 6.27. The summed E-state index contributed by atoms with van der Waals surface area (Å²) in [7, 11) is 0. The zero-order chi connectivity index (χ0) is 12.1. The number of aryl methyl sites for hydroxylation is 1. The molecule has 0 saturated carbocycles. The number of hydrogen-bond donors (Lipinski definition) is 1. The summed E-state index contributed by atoms with van der Waals surface area (Å²) in [5, 5.41) is 2.93. The first-order chi connectivity index (χ1) is 8.27. The average Bonchev–Trinajstić information content (AvgIpc) is 2.77. The Labute approximate surface area is 102 Å². The van der Waals surface area contributed by atoms with Gasteiger partial charge in [-0.1, -0.05) is 11.6 Å². The molecule has 1 aliphatic rings. The van der Waals surface area contributed by atoms with E-state index >= 15 is 0 Å². The van der Waals surface area contributed by atoms with Gasteiger partial charge in [-0.15, -0.1) is 0 Å². The predicted octanol–water partition coefficient (Wildman–Crippen LogP) is 3.21. The van der Waals surface area contributed by atoms with Crippen LogP contribution in [0.2, 0.25) is 0 Å². The molecule has 0 radical (unpaired) electrons. The molecule has 0 fully saturated rings. The number of allylic oxidation sites excluding steroid dienone is 1. The Kier molecular flexibility index (Phi) is 4.02. The van der Waals surface area contributed by atoms with Gasteiger partial charge < -0.3 is 9.73 Å². The van der Waals surface area contributed by atoms with Crippen LogP contribution in [0.3, 0.4) is 0 Å². The standard InChI is InChI=1S/C14H19NO2/c1-11-13(8-10-17-11)14(16)15-9-7-12-5-3-2-4-6-12/h5,8,10H,2-4,6-7,9H2,1H3,(H,15,16). The van der Waals surface area contributed by atoms with Gasteiger partial charge in [-0.3, -0.25) is 4.79 Å². The van der Waals surface area contributed by atoms with Gasteiger partial charge in [-0.2, -0.15) is 0 Å². The first kappa shape index (κ1) is 12.0. The van der Waals surface area contributed by atoms with Crippen molar-refractivity contribution in [2.24, 2.45) is 0 Å². The Balaban J connectivity index is 1.77. The Morgan fingerprint density at radius 2 is 2.35 bits per heavy atom. The van der Waals surface area contributed by atoms with Crippen molar-refractivity contribution < 1.29 is 9.21 Å². The Hall–Kier alpha value is -1.51. The van der Waals surface area contributed by atoms with Crippen molar-refractivity contribution in [3.63, 3.8) is 0 Å². The van der Waals surface area contributed by atoms with E-state index in [9.17, 15) is 4.79 Å². The van der Waals surface area contributed by atoms with Crippen LogP contribution < -0.4 is 5.32 Å². The summed E-state index contributed by atoms with van der Waals surface area (Å²) in [6.45, 7) is 2.52. The molecule has 1 N–H and O–H groups in total. The summed E-state index contributed by atoms with van der Waals surface area (Å²) in [4.78, 5) is 11.8. The molecule has 17 heavy (non-hydrogen) atoms. The molecule has 92 valence electrons. The molecule has 3 heteroatoms. The quantitative estimate of drug-likeness (QED) is 0.811. The molecule has 0 saturated heterocycles. The Bertz CT molecular complexity index is 418. The molecule has 0 bridgehead atoms. The normalized spacial score (nSPS) is 15.5. The maximum absolute atomic E-state index is 11.8. The maximum atomic E-state index is 11.8. The second kappa shape index (κ2) is 5.71. The summed E-state index contributed by atoms with van der Waals surface area (Å²) in [5.41, 5.74) is 2.13. The molecule has 1 amide bonds. The zero-order valence-electron chi connectivity index (χ0n) is 10.3. The van der Waals surface area contributed by atoms with Crippen molar-refractivity contribution in [3.05, 3.63) is 35.3 Å². The van der Waals surface area contributed by atoms with E-state index in [2.05, 4.69) is 11.4 Å². The lowest BCUT2D eigenvalue weighted by Crippen LogP contribution is -2.25. The van der Waals surface area contributed by atoms with Gasteiger partial charge >= 0.3 is 0 Å². The van der Waals surface area contributed by atoms with Crippen molar-refractivity contribution in [3.8, 4) is 0 Å². The highest BCUT2D eigenvalue weighted by Crippen LogP contribution is 2.19. The van der Waals surface area contributed by atoms with E-state index in [1.165, 1.54) is 31.3 Å². The minimum absolute atomic E-state index is 0.0346. The number of carbonyl (C=O) groups excluding carboxylic acids is 1. The van der Waals surface area contributed by atoms with Crippen molar-refractivity contribution in [1.82, 2.24) is 5.32 Å². The van der Waals surface area contributed by atoms with Crippen molar-refractivity contribution >= 4 is 5.91 Å². The fraction of sp³-hybridized carbons (Fsp3) is 0.500. The van der Waals surface area contributed by atoms with E-state index in [0.29, 0.717) is 11.3 Å². The fourth-order valence-corrected chi connectivity index (χ4v) is 2.18. The van der Waals surface area contributed by atoms with Crippen LogP contribution in [0.1, 0.15) is 48.2 Å². The smallest absolute Gasteiger partial charge is 0.254 e. The minimum Gasteiger partial charge on any atom is -0.469 e. The summed E-state index contributed by atoms with van der Waals surface area (Å²) in [6.07, 6.45) is 9.84. The molecular formula is C14H19NO2. The number of nitrogens with one attached hydrogen (secondary N) is 1. The maximum Gasteiger partial charge on any atom is 0.254 e. The largest absolute Gasteiger partial charge is 0.469 e. The Morgan fingerprint density at radius 1 is 1.47 bits per heavy atom. The monoisotopic (exact) mass is 233 g/mol. The van der Waals surface area contributed by atoms with E-state index in [4.69, 9.17) is 4.42 Å². The average molecular weight is 233 g/mol. The van der Waals surface area contributed by atoms with E-state index in [-0.39, 0.29) is 5.91 Å². The van der Waals surface area contributed by atoms with Gasteiger partial charge in [0, 0.05) is 6.54 Å². The highest BCUT2D eigenvalue weighted by Gasteiger charge is 2.11. The topological polar surface area (TPSA) is 42.2 Å². The molecule has 1 aromatic heterocycles. The molecule has 0 aliphatic heterocycles. The van der Waals surface area contributed by atoms with Crippen LogP contribution in [-0.4, -0.2) is 12.5 Å². The van der Waals surface area contributed by atoms with E-state index in [0.717, 1.165) is 13.0 Å². The van der Waals surface area contributed by atoms with Crippen LogP contribution in [0.15, 0.2) is 28.4 Å². The number of hydrogen-bond acceptors (Lipinski definition) is 2. The van der Waals surface area contributed by atoms with Gasteiger partial charge in [-0.05, 0) is 45.1 Å². The van der Waals surface area contributed by atoms with Crippen molar-refractivity contribution in [2.75, 3.05) is 6.54 Å². The molecular weight excluding hydrogens is 214 g/mol. The second-order valence-electron chi connectivity index (χ2n) is 4.50. The highest BCUT2D eigenvalue weighted by molar-refractivity contribution is 5.94. The van der Waals surface area contributed by atoms with Crippen molar-refractivity contribution in [2.45, 2.75) is 39.0 Å². The molecule has 2 rings (SSSR count). The molecule has 0 spiro atoms. The fourth-order valence-electron chi connectivity index (χ4n) is 2.18. The molecule has 1 aromatic rings. The van der Waals surface area contributed by atoms with Crippen LogP contribution in [-0.2, 0) is 0 Å². The minimum atomic E-state index is -0.0346. The summed E-state index contributed by atoms with van der Waals surface area (Å²) >= 11 is 0. The van der Waals surface area contributed by atoms with Crippen LogP contribution in [0.5, 0.6) is 0 Å².